The summed E-state index contributed by atoms with van der Waals surface area (Å²) >= 11 is 1.55. The fourth-order valence-electron chi connectivity index (χ4n) is 1.48. The minimum atomic E-state index is 0.0841. The molecule has 2 aromatic rings. The van der Waals surface area contributed by atoms with Crippen molar-refractivity contribution >= 4 is 17.2 Å². The molecule has 0 aromatic carbocycles. The van der Waals surface area contributed by atoms with Crippen LogP contribution in [0.4, 0.5) is 0 Å². The van der Waals surface area contributed by atoms with Gasteiger partial charge in [0.05, 0.1) is 11.4 Å². The van der Waals surface area contributed by atoms with Crippen molar-refractivity contribution in [3.05, 3.63) is 23.4 Å². The maximum atomic E-state index is 11.4. The minimum absolute atomic E-state index is 0.0841. The molecular weight excluding hydrogens is 238 g/mol. The number of aromatic nitrogens is 2. The van der Waals surface area contributed by atoms with Crippen LogP contribution in [0.25, 0.3) is 10.8 Å². The van der Waals surface area contributed by atoms with E-state index in [2.05, 4.69) is 15.5 Å². The number of nitrogens with zero attached hydrogens (tertiary/aromatic N) is 2. The Balaban J connectivity index is 1.62. The molecule has 1 saturated carbocycles. The molecule has 0 atom stereocenters. The van der Waals surface area contributed by atoms with Crippen molar-refractivity contribution in [2.45, 2.75) is 19.4 Å². The molecule has 0 unspecified atom stereocenters. The Labute approximate surface area is 102 Å². The normalized spacial score (nSPS) is 14.8. The summed E-state index contributed by atoms with van der Waals surface area (Å²) in [6.45, 7) is 0.313. The monoisotopic (exact) mass is 249 g/mol. The number of nitrogens with one attached hydrogen (secondary N) is 1. The smallest absolute Gasteiger partial charge is 0.257 e. The van der Waals surface area contributed by atoms with Crippen molar-refractivity contribution in [1.29, 1.82) is 0 Å². The highest BCUT2D eigenvalue weighted by Crippen LogP contribution is 2.29. The molecule has 1 fully saturated rings. The lowest BCUT2D eigenvalue weighted by Gasteiger charge is -1.98. The first-order valence-electron chi connectivity index (χ1n) is 5.47. The Hall–Kier alpha value is -1.69. The first kappa shape index (κ1) is 10.5. The Morgan fingerprint density at radius 3 is 3.12 bits per heavy atom. The standard InChI is InChI=1S/C11H11N3O2S/c15-10(7-3-4-7)12-6-9-13-14-11(16-9)8-2-1-5-17-8/h1-2,5,7H,3-4,6H2,(H,12,15). The van der Waals surface area contributed by atoms with Crippen molar-refractivity contribution in [1.82, 2.24) is 15.5 Å². The van der Waals surface area contributed by atoms with Crippen LogP contribution in [0.1, 0.15) is 18.7 Å². The van der Waals surface area contributed by atoms with Gasteiger partial charge in [-0.15, -0.1) is 21.5 Å². The average molecular weight is 249 g/mol. The summed E-state index contributed by atoms with van der Waals surface area (Å²) in [6, 6.07) is 3.85. The molecule has 0 aliphatic heterocycles. The topological polar surface area (TPSA) is 68.0 Å². The van der Waals surface area contributed by atoms with E-state index in [1.54, 1.807) is 11.3 Å². The van der Waals surface area contributed by atoms with Crippen molar-refractivity contribution in [2.75, 3.05) is 0 Å². The fourth-order valence-corrected chi connectivity index (χ4v) is 2.12. The van der Waals surface area contributed by atoms with Gasteiger partial charge in [-0.2, -0.15) is 0 Å². The molecule has 2 aromatic heterocycles. The maximum absolute atomic E-state index is 11.4. The molecule has 17 heavy (non-hydrogen) atoms. The van der Waals surface area contributed by atoms with E-state index in [0.29, 0.717) is 18.3 Å². The van der Waals surface area contributed by atoms with Gasteiger partial charge in [0.1, 0.15) is 0 Å². The molecule has 3 rings (SSSR count). The summed E-state index contributed by atoms with van der Waals surface area (Å²) in [5.74, 6) is 1.24. The molecular formula is C11H11N3O2S. The number of thiophene rings is 1. The number of hydrogen-bond donors (Lipinski definition) is 1. The maximum Gasteiger partial charge on any atom is 0.257 e. The lowest BCUT2D eigenvalue weighted by Crippen LogP contribution is -2.24. The number of amides is 1. The van der Waals surface area contributed by atoms with Crippen LogP contribution in [-0.2, 0) is 11.3 Å². The number of hydrogen-bond acceptors (Lipinski definition) is 5. The third kappa shape index (κ3) is 2.36. The minimum Gasteiger partial charge on any atom is -0.418 e. The van der Waals surface area contributed by atoms with Crippen LogP contribution in [0.5, 0.6) is 0 Å². The van der Waals surface area contributed by atoms with Crippen LogP contribution in [0, 0.1) is 5.92 Å². The average Bonchev–Trinajstić information content (AvgIpc) is 2.87. The van der Waals surface area contributed by atoms with E-state index in [4.69, 9.17) is 4.42 Å². The van der Waals surface area contributed by atoms with Crippen LogP contribution in [0.2, 0.25) is 0 Å². The van der Waals surface area contributed by atoms with Gasteiger partial charge in [0, 0.05) is 5.92 Å². The molecule has 88 valence electrons. The summed E-state index contributed by atoms with van der Waals surface area (Å²) in [6.07, 6.45) is 1.99. The second kappa shape index (κ2) is 4.29. The predicted molar refractivity (Wildman–Crippen MR) is 62.2 cm³/mol. The van der Waals surface area contributed by atoms with Gasteiger partial charge in [0.15, 0.2) is 0 Å². The Bertz CT molecular complexity index is 517. The molecule has 0 bridgehead atoms. The number of carbonyl (C=O) groups is 1. The van der Waals surface area contributed by atoms with E-state index >= 15 is 0 Å². The molecule has 1 aliphatic carbocycles. The third-order valence-electron chi connectivity index (χ3n) is 2.56. The van der Waals surface area contributed by atoms with Gasteiger partial charge < -0.3 is 9.73 Å². The number of carbonyl (C=O) groups excluding carboxylic acids is 1. The lowest BCUT2D eigenvalue weighted by atomic mass is 10.4. The van der Waals surface area contributed by atoms with Crippen molar-refractivity contribution in [3.63, 3.8) is 0 Å². The molecule has 2 heterocycles. The zero-order chi connectivity index (χ0) is 11.7. The van der Waals surface area contributed by atoms with Crippen LogP contribution in [0.3, 0.4) is 0 Å². The molecule has 5 nitrogen and oxygen atoms in total. The lowest BCUT2D eigenvalue weighted by molar-refractivity contribution is -0.122. The highest BCUT2D eigenvalue weighted by atomic mass is 32.1. The largest absolute Gasteiger partial charge is 0.418 e. The van der Waals surface area contributed by atoms with Gasteiger partial charge in [0.2, 0.25) is 11.8 Å². The van der Waals surface area contributed by atoms with Crippen molar-refractivity contribution in [2.24, 2.45) is 5.92 Å². The molecule has 1 N–H and O–H groups in total. The third-order valence-corrected chi connectivity index (χ3v) is 3.42. The van der Waals surface area contributed by atoms with E-state index in [1.807, 2.05) is 17.5 Å². The van der Waals surface area contributed by atoms with Crippen molar-refractivity contribution < 1.29 is 9.21 Å². The van der Waals surface area contributed by atoms with E-state index in [0.717, 1.165) is 17.7 Å². The van der Waals surface area contributed by atoms with Gasteiger partial charge >= 0.3 is 0 Å². The van der Waals surface area contributed by atoms with Crippen LogP contribution < -0.4 is 5.32 Å². The fraction of sp³-hybridized carbons (Fsp3) is 0.364. The van der Waals surface area contributed by atoms with Crippen LogP contribution in [-0.4, -0.2) is 16.1 Å². The first-order chi connectivity index (χ1) is 8.33. The van der Waals surface area contributed by atoms with E-state index in [1.165, 1.54) is 0 Å². The van der Waals surface area contributed by atoms with Gasteiger partial charge in [-0.05, 0) is 24.3 Å². The Morgan fingerprint density at radius 2 is 2.41 bits per heavy atom. The van der Waals surface area contributed by atoms with E-state index < -0.39 is 0 Å². The van der Waals surface area contributed by atoms with Gasteiger partial charge in [-0.3, -0.25) is 4.79 Å². The van der Waals surface area contributed by atoms with Crippen LogP contribution >= 0.6 is 11.3 Å². The summed E-state index contributed by atoms with van der Waals surface area (Å²) in [7, 11) is 0. The first-order valence-corrected chi connectivity index (χ1v) is 6.35. The molecule has 6 heteroatoms. The van der Waals surface area contributed by atoms with Crippen LogP contribution in [0.15, 0.2) is 21.9 Å². The van der Waals surface area contributed by atoms with E-state index in [-0.39, 0.29) is 11.8 Å². The highest BCUT2D eigenvalue weighted by Gasteiger charge is 2.29. The Kier molecular flexibility index (Phi) is 2.64. The van der Waals surface area contributed by atoms with Crippen molar-refractivity contribution in [3.8, 4) is 10.8 Å². The van der Waals surface area contributed by atoms with Gasteiger partial charge in [-0.1, -0.05) is 6.07 Å². The molecule has 0 spiro atoms. The number of rotatable bonds is 4. The molecule has 1 amide bonds. The quantitative estimate of drug-likeness (QED) is 0.897. The van der Waals surface area contributed by atoms with E-state index in [9.17, 15) is 4.79 Å². The van der Waals surface area contributed by atoms with Gasteiger partial charge in [-0.25, -0.2) is 0 Å². The molecule has 0 radical (unpaired) electrons. The second-order valence-corrected chi connectivity index (χ2v) is 4.92. The summed E-state index contributed by atoms with van der Waals surface area (Å²) in [5, 5.41) is 12.6. The second-order valence-electron chi connectivity index (χ2n) is 3.97. The predicted octanol–water partition coefficient (Wildman–Crippen LogP) is 1.82. The SMILES string of the molecule is O=C(NCc1nnc(-c2cccs2)o1)C1CC1. The van der Waals surface area contributed by atoms with Gasteiger partial charge in [0.25, 0.3) is 5.89 Å². The summed E-state index contributed by atoms with van der Waals surface area (Å²) < 4.78 is 5.45. The zero-order valence-corrected chi connectivity index (χ0v) is 9.87. The molecule has 1 aliphatic rings. The highest BCUT2D eigenvalue weighted by molar-refractivity contribution is 7.13. The zero-order valence-electron chi connectivity index (χ0n) is 9.05. The summed E-state index contributed by atoms with van der Waals surface area (Å²) in [5.41, 5.74) is 0. The molecule has 0 saturated heterocycles. The summed E-state index contributed by atoms with van der Waals surface area (Å²) in [4.78, 5) is 12.4. The Morgan fingerprint density at radius 1 is 1.53 bits per heavy atom.